The van der Waals surface area contributed by atoms with Gasteiger partial charge in [-0.2, -0.15) is 0 Å². The van der Waals surface area contributed by atoms with E-state index in [0.717, 1.165) is 11.3 Å². The normalized spacial score (nSPS) is 17.3. The predicted octanol–water partition coefficient (Wildman–Crippen LogP) is 4.99. The summed E-state index contributed by atoms with van der Waals surface area (Å²) in [7, 11) is 1.33. The highest BCUT2D eigenvalue weighted by molar-refractivity contribution is 7.20. The molecule has 3 rings (SSSR count). The Labute approximate surface area is 221 Å². The van der Waals surface area contributed by atoms with Crippen molar-refractivity contribution in [3.8, 4) is 5.75 Å². The van der Waals surface area contributed by atoms with Gasteiger partial charge in [-0.15, -0.1) is 13.2 Å². The van der Waals surface area contributed by atoms with E-state index >= 15 is 0 Å². The van der Waals surface area contributed by atoms with Crippen LogP contribution in [0.4, 0.5) is 28.1 Å². The molecule has 2 aromatic rings. The summed E-state index contributed by atoms with van der Waals surface area (Å²) in [5, 5.41) is 14.1. The average Bonchev–Trinajstić information content (AvgIpc) is 3.26. The van der Waals surface area contributed by atoms with Gasteiger partial charge in [0.25, 0.3) is 0 Å². The first-order chi connectivity index (χ1) is 18.0. The molecule has 1 saturated heterocycles. The van der Waals surface area contributed by atoms with Gasteiger partial charge in [0, 0.05) is 13.1 Å². The van der Waals surface area contributed by atoms with Crippen LogP contribution in [0.1, 0.15) is 31.0 Å². The summed E-state index contributed by atoms with van der Waals surface area (Å²) in [6.07, 6.45) is -2.32. The second-order valence-corrected chi connectivity index (χ2v) is 9.40. The number of ether oxygens (including phenoxy) is 3. The molecule has 206 valence electrons. The number of benzene rings is 1. The van der Waals surface area contributed by atoms with Crippen LogP contribution in [0.5, 0.6) is 5.75 Å². The molecule has 0 radical (unpaired) electrons. The van der Waals surface area contributed by atoms with Gasteiger partial charge in [-0.3, -0.25) is 15.5 Å². The average molecular weight is 556 g/mol. The fraction of sp³-hybridized carbons (Fsp3) is 0.417. The number of hydrogen-bond acceptors (Lipinski definition) is 9. The van der Waals surface area contributed by atoms with Gasteiger partial charge < -0.3 is 24.4 Å². The first-order valence-corrected chi connectivity index (χ1v) is 12.4. The van der Waals surface area contributed by atoms with E-state index in [1.54, 1.807) is 6.92 Å². The lowest BCUT2D eigenvalue weighted by atomic mass is 9.75. The molecular formula is C24H28F3N5O5S. The Morgan fingerprint density at radius 2 is 2.03 bits per heavy atom. The molecule has 38 heavy (non-hydrogen) atoms. The molecule has 0 saturated carbocycles. The summed E-state index contributed by atoms with van der Waals surface area (Å²) < 4.78 is 51.7. The van der Waals surface area contributed by atoms with E-state index in [2.05, 4.69) is 26.9 Å². The van der Waals surface area contributed by atoms with Crippen molar-refractivity contribution in [1.29, 1.82) is 5.41 Å². The molecule has 1 aliphatic heterocycles. The summed E-state index contributed by atoms with van der Waals surface area (Å²) >= 11 is 1.09. The summed E-state index contributed by atoms with van der Waals surface area (Å²) in [4.78, 5) is 32.0. The molecule has 2 amide bonds. The molecule has 0 aliphatic carbocycles. The van der Waals surface area contributed by atoms with Crippen molar-refractivity contribution >= 4 is 39.4 Å². The largest absolute Gasteiger partial charge is 0.573 e. The van der Waals surface area contributed by atoms with Crippen LogP contribution in [0.15, 0.2) is 37.0 Å². The second-order valence-electron chi connectivity index (χ2n) is 8.40. The number of piperidine rings is 1. The first kappa shape index (κ1) is 28.8. The fourth-order valence-electron chi connectivity index (χ4n) is 4.16. The van der Waals surface area contributed by atoms with E-state index in [1.165, 1.54) is 42.5 Å². The molecule has 0 bridgehead atoms. The topological polar surface area (TPSA) is 126 Å². The highest BCUT2D eigenvalue weighted by atomic mass is 32.1. The van der Waals surface area contributed by atoms with E-state index < -0.39 is 23.8 Å². The lowest BCUT2D eigenvalue weighted by Crippen LogP contribution is -2.52. The van der Waals surface area contributed by atoms with Crippen LogP contribution >= 0.6 is 11.3 Å². The Bertz CT molecular complexity index is 1170. The zero-order valence-electron chi connectivity index (χ0n) is 20.8. The van der Waals surface area contributed by atoms with Crippen molar-refractivity contribution in [3.63, 3.8) is 0 Å². The number of amides is 2. The van der Waals surface area contributed by atoms with Gasteiger partial charge in [-0.25, -0.2) is 9.78 Å². The van der Waals surface area contributed by atoms with Crippen molar-refractivity contribution in [2.24, 2.45) is 5.41 Å². The molecule has 1 aromatic heterocycles. The van der Waals surface area contributed by atoms with E-state index in [1.807, 2.05) is 0 Å². The molecule has 1 aromatic carbocycles. The minimum Gasteiger partial charge on any atom is -0.480 e. The van der Waals surface area contributed by atoms with Crippen LogP contribution in [-0.2, 0) is 20.7 Å². The molecule has 1 atom stereocenters. The quantitative estimate of drug-likeness (QED) is 0.226. The predicted molar refractivity (Wildman–Crippen MR) is 135 cm³/mol. The third-order valence-electron chi connectivity index (χ3n) is 5.77. The van der Waals surface area contributed by atoms with Gasteiger partial charge in [0.1, 0.15) is 10.8 Å². The minimum atomic E-state index is -4.81. The van der Waals surface area contributed by atoms with Crippen LogP contribution in [-0.4, -0.2) is 61.0 Å². The molecular weight excluding hydrogens is 527 g/mol. The van der Waals surface area contributed by atoms with E-state index in [0.29, 0.717) is 30.0 Å². The van der Waals surface area contributed by atoms with Gasteiger partial charge in [0.2, 0.25) is 5.90 Å². The highest BCUT2D eigenvalue weighted by Crippen LogP contribution is 2.37. The number of carbonyl (C=O) groups excluding carboxylic acids is 2. The van der Waals surface area contributed by atoms with Gasteiger partial charge in [0.15, 0.2) is 10.8 Å². The minimum absolute atomic E-state index is 0.0301. The van der Waals surface area contributed by atoms with Crippen molar-refractivity contribution in [1.82, 2.24) is 9.88 Å². The number of likely N-dealkylation sites (tertiary alicyclic amines) is 1. The Balaban J connectivity index is 1.79. The molecule has 1 fully saturated rings. The number of anilines is 2. The third-order valence-corrected chi connectivity index (χ3v) is 6.67. The number of thiazole rings is 1. The number of hydrogen-bond donors (Lipinski definition) is 3. The third kappa shape index (κ3) is 7.15. The number of nitrogens with zero attached hydrogens (tertiary/aromatic N) is 2. The van der Waals surface area contributed by atoms with Crippen LogP contribution < -0.4 is 15.4 Å². The van der Waals surface area contributed by atoms with Gasteiger partial charge >= 0.3 is 18.4 Å². The molecule has 3 N–H and O–H groups in total. The molecule has 10 nitrogen and oxygen atoms in total. The SMILES string of the molecule is C=CNc1sc(NC(=O)N2CCCC(Cc3ccc(OC(F)(F)F)cc3)(C(=O)OCC)C2)nc1C(=N)OC. The lowest BCUT2D eigenvalue weighted by Gasteiger charge is -2.40. The number of rotatable bonds is 9. The van der Waals surface area contributed by atoms with Crippen molar-refractivity contribution in [2.45, 2.75) is 32.5 Å². The van der Waals surface area contributed by atoms with Gasteiger partial charge in [-0.1, -0.05) is 30.0 Å². The Kier molecular flexibility index (Phi) is 9.20. The summed E-state index contributed by atoms with van der Waals surface area (Å²) in [5.74, 6) is -1.06. The molecule has 0 spiro atoms. The van der Waals surface area contributed by atoms with Gasteiger partial charge in [0.05, 0.1) is 19.1 Å². The zero-order chi connectivity index (χ0) is 27.9. The molecule has 1 unspecified atom stereocenters. The number of nitrogens with one attached hydrogen (secondary N) is 3. The van der Waals surface area contributed by atoms with E-state index in [9.17, 15) is 22.8 Å². The van der Waals surface area contributed by atoms with E-state index in [4.69, 9.17) is 14.9 Å². The lowest BCUT2D eigenvalue weighted by molar-refractivity contribution is -0.274. The number of aromatic nitrogens is 1. The molecule has 2 heterocycles. The van der Waals surface area contributed by atoms with E-state index in [-0.39, 0.29) is 42.0 Å². The maximum atomic E-state index is 13.2. The van der Waals surface area contributed by atoms with Crippen LogP contribution in [0, 0.1) is 10.8 Å². The number of esters is 1. The number of alkyl halides is 3. The Morgan fingerprint density at radius 3 is 2.63 bits per heavy atom. The molecule has 14 heteroatoms. The first-order valence-electron chi connectivity index (χ1n) is 11.6. The zero-order valence-corrected chi connectivity index (χ0v) is 21.6. The van der Waals surface area contributed by atoms with Crippen molar-refractivity contribution < 1.29 is 37.0 Å². The second kappa shape index (κ2) is 12.2. The Hall–Kier alpha value is -3.81. The maximum absolute atomic E-state index is 13.2. The summed E-state index contributed by atoms with van der Waals surface area (Å²) in [6, 6.07) is 4.78. The van der Waals surface area contributed by atoms with Gasteiger partial charge in [-0.05, 0) is 50.1 Å². The maximum Gasteiger partial charge on any atom is 0.573 e. The number of urea groups is 1. The fourth-order valence-corrected chi connectivity index (χ4v) is 5.00. The monoisotopic (exact) mass is 555 g/mol. The number of halogens is 3. The number of methoxy groups -OCH3 is 1. The number of carbonyl (C=O) groups is 2. The van der Waals surface area contributed by atoms with Crippen LogP contribution in [0.3, 0.4) is 0 Å². The van der Waals surface area contributed by atoms with Crippen molar-refractivity contribution in [2.75, 3.05) is 37.4 Å². The van der Waals surface area contributed by atoms with Crippen LogP contribution in [0.2, 0.25) is 0 Å². The highest BCUT2D eigenvalue weighted by Gasteiger charge is 2.45. The smallest absolute Gasteiger partial charge is 0.480 e. The summed E-state index contributed by atoms with van der Waals surface area (Å²) in [5.41, 5.74) is -0.303. The summed E-state index contributed by atoms with van der Waals surface area (Å²) in [6.45, 7) is 5.80. The molecule has 1 aliphatic rings. The van der Waals surface area contributed by atoms with Crippen molar-refractivity contribution in [3.05, 3.63) is 48.3 Å². The Morgan fingerprint density at radius 1 is 1.32 bits per heavy atom. The van der Waals surface area contributed by atoms with Crippen LogP contribution in [0.25, 0.3) is 0 Å². The standard InChI is InChI=1S/C24H28F3N5O5S/c1-4-29-19-17(18(28)35-3)30-21(38-19)31-22(34)32-12-6-11-23(14-32,20(33)36-5-2)13-15-7-9-16(10-8-15)37-24(25,26)27/h4,7-10,28-29H,1,5-6,11-14H2,2-3H3,(H,30,31,34).